The average molecular weight is 571 g/mol. The molecule has 0 radical (unpaired) electrons. The summed E-state index contributed by atoms with van der Waals surface area (Å²) >= 11 is 1.60. The van der Waals surface area contributed by atoms with Gasteiger partial charge in [0.1, 0.15) is 32.3 Å². The minimum Gasteiger partial charge on any atom is -0.390 e. The van der Waals surface area contributed by atoms with E-state index in [1.165, 1.54) is 6.42 Å². The number of anilines is 2. The number of nitrogens with zero attached hydrogens (tertiary/aromatic N) is 4. The topological polar surface area (TPSA) is 150 Å². The molecule has 3 aromatic heterocycles. The van der Waals surface area contributed by atoms with Crippen molar-refractivity contribution in [3.05, 3.63) is 23.7 Å². The molecule has 3 aromatic rings. The number of aromatic nitrogens is 4. The highest BCUT2D eigenvalue weighted by molar-refractivity contribution is 7.90. The second-order valence-electron chi connectivity index (χ2n) is 11.9. The smallest absolute Gasteiger partial charge is 0.225 e. The fourth-order valence-corrected chi connectivity index (χ4v) is 8.02. The summed E-state index contributed by atoms with van der Waals surface area (Å²) in [4.78, 5) is 19.7. The van der Waals surface area contributed by atoms with E-state index in [-0.39, 0.29) is 5.75 Å². The lowest BCUT2D eigenvalue weighted by molar-refractivity contribution is 0.0216. The molecule has 208 valence electrons. The zero-order valence-corrected chi connectivity index (χ0v) is 23.5. The van der Waals surface area contributed by atoms with Crippen molar-refractivity contribution in [2.45, 2.75) is 87.5 Å². The lowest BCUT2D eigenvalue weighted by atomic mass is 9.93. The van der Waals surface area contributed by atoms with Gasteiger partial charge in [-0.15, -0.1) is 11.3 Å². The number of nitrogens with one attached hydrogen (secondary N) is 2. The Balaban J connectivity index is 1.30. The van der Waals surface area contributed by atoms with Gasteiger partial charge in [0.05, 0.1) is 39.5 Å². The summed E-state index contributed by atoms with van der Waals surface area (Å²) in [5.41, 5.74) is 3.79. The fourth-order valence-electron chi connectivity index (χ4n) is 5.88. The summed E-state index contributed by atoms with van der Waals surface area (Å²) < 4.78 is 25.0. The van der Waals surface area contributed by atoms with Gasteiger partial charge in [0.2, 0.25) is 5.95 Å². The molecule has 0 saturated heterocycles. The molecule has 0 amide bonds. The molecule has 4 aliphatic rings. The zero-order chi connectivity index (χ0) is 26.9. The first-order valence-corrected chi connectivity index (χ1v) is 16.9. The number of rotatable bonds is 9. The summed E-state index contributed by atoms with van der Waals surface area (Å²) in [5.74, 6) is 1.20. The Bertz CT molecular complexity index is 1520. The van der Waals surface area contributed by atoms with E-state index in [9.17, 15) is 18.6 Å². The van der Waals surface area contributed by atoms with E-state index in [1.54, 1.807) is 11.3 Å². The van der Waals surface area contributed by atoms with Gasteiger partial charge >= 0.3 is 0 Å². The highest BCUT2D eigenvalue weighted by Gasteiger charge is 2.44. The largest absolute Gasteiger partial charge is 0.390 e. The van der Waals surface area contributed by atoms with Gasteiger partial charge in [-0.1, -0.05) is 0 Å². The molecule has 4 N–H and O–H groups in total. The van der Waals surface area contributed by atoms with Crippen LogP contribution in [0.5, 0.6) is 0 Å². The molecular formula is C27H34N6O4S2. The molecule has 0 unspecified atom stereocenters. The lowest BCUT2D eigenvalue weighted by Crippen LogP contribution is -2.36. The summed E-state index contributed by atoms with van der Waals surface area (Å²) in [6.07, 6.45) is 8.82. The second-order valence-corrected chi connectivity index (χ2v) is 15.1. The van der Waals surface area contributed by atoms with Crippen molar-refractivity contribution in [1.82, 2.24) is 19.9 Å². The molecule has 0 spiro atoms. The van der Waals surface area contributed by atoms with Crippen molar-refractivity contribution < 1.29 is 18.6 Å². The van der Waals surface area contributed by atoms with Gasteiger partial charge in [0.25, 0.3) is 0 Å². The van der Waals surface area contributed by atoms with Crippen LogP contribution in [-0.4, -0.2) is 74.9 Å². The number of hydrogen-bond donors (Lipinski definition) is 4. The van der Waals surface area contributed by atoms with Gasteiger partial charge in [-0.3, -0.25) is 4.98 Å². The van der Waals surface area contributed by atoms with Crippen LogP contribution >= 0.6 is 11.3 Å². The molecule has 4 atom stereocenters. The summed E-state index contributed by atoms with van der Waals surface area (Å²) in [7, 11) is -3.31. The highest BCUT2D eigenvalue weighted by Crippen LogP contribution is 2.49. The summed E-state index contributed by atoms with van der Waals surface area (Å²) in [6, 6.07) is 1.80. The molecule has 4 aliphatic carbocycles. The zero-order valence-electron chi connectivity index (χ0n) is 21.9. The molecule has 4 fully saturated rings. The minimum absolute atomic E-state index is 0.170. The number of sulfone groups is 1. The third kappa shape index (κ3) is 5.12. The monoisotopic (exact) mass is 570 g/mol. The first-order valence-electron chi connectivity index (χ1n) is 14.0. The number of pyridine rings is 1. The first-order chi connectivity index (χ1) is 18.7. The third-order valence-electron chi connectivity index (χ3n) is 8.49. The van der Waals surface area contributed by atoms with Gasteiger partial charge in [-0.05, 0) is 57.4 Å². The van der Waals surface area contributed by atoms with Crippen LogP contribution in [0.25, 0.3) is 20.8 Å². The maximum atomic E-state index is 12.0. The Morgan fingerprint density at radius 3 is 2.38 bits per heavy atom. The Kier molecular flexibility index (Phi) is 6.29. The first kappa shape index (κ1) is 25.6. The molecule has 39 heavy (non-hydrogen) atoms. The maximum Gasteiger partial charge on any atom is 0.225 e. The summed E-state index contributed by atoms with van der Waals surface area (Å²) in [6.45, 7) is 0. The predicted octanol–water partition coefficient (Wildman–Crippen LogP) is 3.43. The number of thiazole rings is 1. The van der Waals surface area contributed by atoms with Crippen molar-refractivity contribution in [3.8, 4) is 10.6 Å². The van der Waals surface area contributed by atoms with E-state index in [1.807, 2.05) is 12.3 Å². The molecule has 3 heterocycles. The van der Waals surface area contributed by atoms with Crippen LogP contribution < -0.4 is 10.6 Å². The highest BCUT2D eigenvalue weighted by atomic mass is 32.2. The Labute approximate surface area is 231 Å². The number of aliphatic hydroxyl groups excluding tert-OH is 2. The van der Waals surface area contributed by atoms with Gasteiger partial charge < -0.3 is 20.8 Å². The van der Waals surface area contributed by atoms with Crippen molar-refractivity contribution in [2.75, 3.05) is 22.6 Å². The molecular weight excluding hydrogens is 536 g/mol. The van der Waals surface area contributed by atoms with Gasteiger partial charge in [0.15, 0.2) is 0 Å². The summed E-state index contributed by atoms with van der Waals surface area (Å²) in [5, 5.41) is 29.3. The minimum atomic E-state index is -3.31. The molecule has 4 saturated carbocycles. The van der Waals surface area contributed by atoms with E-state index >= 15 is 0 Å². The van der Waals surface area contributed by atoms with E-state index < -0.39 is 34.0 Å². The van der Waals surface area contributed by atoms with Crippen LogP contribution in [0, 0.1) is 5.92 Å². The van der Waals surface area contributed by atoms with Crippen molar-refractivity contribution in [1.29, 1.82) is 0 Å². The van der Waals surface area contributed by atoms with E-state index in [0.29, 0.717) is 36.1 Å². The van der Waals surface area contributed by atoms with Crippen LogP contribution in [0.2, 0.25) is 0 Å². The van der Waals surface area contributed by atoms with Crippen LogP contribution in [-0.2, 0) is 9.84 Å². The number of fused-ring (bicyclic) bond motifs is 1. The second kappa shape index (κ2) is 9.60. The normalized spacial score (nSPS) is 27.6. The standard InChI is InChI=1S/C27H34N6O4S2/c1-39(36,37)12-15-11-17(24(35)23(15)34)30-25-19(20(13-5-6-13)32-27(33-25)29-16-3-2-4-16)26-31-22-18(38-26)9-10-28-21(22)14-7-8-14/h9-10,13-17,23-24,34-35H,2-8,11-12H2,1H3,(H2,29,30,32,33)/t15-,17-,23-,24+/m1/s1. The SMILES string of the molecule is CS(=O)(=O)C[C@H]1C[C@@H](Nc2nc(NC3CCC3)nc(C3CC3)c2-c2nc3c(C4CC4)nccc3s2)[C@H](O)[C@@H]1O. The molecule has 12 heteroatoms. The van der Waals surface area contributed by atoms with Crippen LogP contribution in [0.3, 0.4) is 0 Å². The van der Waals surface area contributed by atoms with Crippen LogP contribution in [0.4, 0.5) is 11.8 Å². The van der Waals surface area contributed by atoms with E-state index in [2.05, 4.69) is 15.6 Å². The molecule has 0 bridgehead atoms. The van der Waals surface area contributed by atoms with Gasteiger partial charge in [0, 0.05) is 36.2 Å². The van der Waals surface area contributed by atoms with Crippen LogP contribution in [0.15, 0.2) is 12.3 Å². The van der Waals surface area contributed by atoms with E-state index in [0.717, 1.165) is 77.0 Å². The number of aliphatic hydroxyl groups is 2. The predicted molar refractivity (Wildman–Crippen MR) is 151 cm³/mol. The fraction of sp³-hybridized carbons (Fsp3) is 0.630. The molecule has 0 aliphatic heterocycles. The van der Waals surface area contributed by atoms with Crippen molar-refractivity contribution in [2.24, 2.45) is 5.92 Å². The van der Waals surface area contributed by atoms with E-state index in [4.69, 9.17) is 15.0 Å². The Hall–Kier alpha value is -2.41. The molecule has 10 nitrogen and oxygen atoms in total. The Morgan fingerprint density at radius 1 is 0.974 bits per heavy atom. The average Bonchev–Trinajstić information content (AvgIpc) is 3.79. The molecule has 7 rings (SSSR count). The third-order valence-corrected chi connectivity index (χ3v) is 10.6. The van der Waals surface area contributed by atoms with Crippen LogP contribution in [0.1, 0.15) is 74.6 Å². The van der Waals surface area contributed by atoms with Gasteiger partial charge in [-0.25, -0.2) is 18.4 Å². The quantitative estimate of drug-likeness (QED) is 0.301. The maximum absolute atomic E-state index is 12.0. The Morgan fingerprint density at radius 2 is 1.72 bits per heavy atom. The number of hydrogen-bond acceptors (Lipinski definition) is 11. The van der Waals surface area contributed by atoms with Gasteiger partial charge in [-0.2, -0.15) is 4.98 Å². The van der Waals surface area contributed by atoms with Crippen molar-refractivity contribution >= 4 is 43.2 Å². The van der Waals surface area contributed by atoms with Crippen molar-refractivity contribution in [3.63, 3.8) is 0 Å². The molecule has 0 aromatic carbocycles. The lowest BCUT2D eigenvalue weighted by Gasteiger charge is -2.27.